The van der Waals surface area contributed by atoms with Gasteiger partial charge in [0.15, 0.2) is 0 Å². The molecule has 0 atom stereocenters. The third-order valence-electron chi connectivity index (χ3n) is 4.19. The van der Waals surface area contributed by atoms with Crippen molar-refractivity contribution in [2.75, 3.05) is 0 Å². The Kier molecular flexibility index (Phi) is 3.47. The van der Waals surface area contributed by atoms with Crippen LogP contribution in [0.25, 0.3) is 10.9 Å². The van der Waals surface area contributed by atoms with Crippen LogP contribution in [-0.4, -0.2) is 27.9 Å². The van der Waals surface area contributed by atoms with E-state index < -0.39 is 0 Å². The van der Waals surface area contributed by atoms with Gasteiger partial charge in [-0.1, -0.05) is 0 Å². The minimum atomic E-state index is -0.266. The first kappa shape index (κ1) is 14.1. The zero-order chi connectivity index (χ0) is 15.1. The number of nitrogens with zero attached hydrogens (tertiary/aromatic N) is 1. The van der Waals surface area contributed by atoms with Gasteiger partial charge in [0, 0.05) is 28.7 Å². The summed E-state index contributed by atoms with van der Waals surface area (Å²) >= 11 is 0. The Labute approximate surface area is 124 Å². The number of hydrogen-bond donors (Lipinski definition) is 1. The van der Waals surface area contributed by atoms with E-state index >= 15 is 0 Å². The summed E-state index contributed by atoms with van der Waals surface area (Å²) in [6, 6.07) is 5.30. The molecule has 1 fully saturated rings. The van der Waals surface area contributed by atoms with Crippen molar-refractivity contribution >= 4 is 16.8 Å². The quantitative estimate of drug-likeness (QED) is 0.917. The van der Waals surface area contributed by atoms with Crippen molar-refractivity contribution in [1.29, 1.82) is 0 Å². The number of aryl methyl sites for hydroxylation is 1. The summed E-state index contributed by atoms with van der Waals surface area (Å²) in [7, 11) is 0. The van der Waals surface area contributed by atoms with E-state index in [1.54, 1.807) is 6.07 Å². The molecule has 3 rings (SSSR count). The Hall–Kier alpha value is -1.84. The second-order valence-corrected chi connectivity index (χ2v) is 6.22. The topological polar surface area (TPSA) is 36.1 Å². The molecule has 0 aliphatic heterocycles. The lowest BCUT2D eigenvalue weighted by Crippen LogP contribution is -2.39. The predicted octanol–water partition coefficient (Wildman–Crippen LogP) is 3.56. The normalized spacial score (nSPS) is 14.9. The van der Waals surface area contributed by atoms with Crippen LogP contribution in [-0.2, 0) is 11.2 Å². The van der Waals surface area contributed by atoms with Crippen LogP contribution in [0.15, 0.2) is 18.2 Å². The van der Waals surface area contributed by atoms with Crippen molar-refractivity contribution in [3.8, 4) is 0 Å². The molecule has 3 nitrogen and oxygen atoms in total. The number of fused-ring (bicyclic) bond motifs is 1. The van der Waals surface area contributed by atoms with E-state index in [-0.39, 0.29) is 17.8 Å². The molecule has 1 aromatic carbocycles. The highest BCUT2D eigenvalue weighted by Gasteiger charge is 2.34. The van der Waals surface area contributed by atoms with Crippen LogP contribution in [0.4, 0.5) is 4.39 Å². The van der Waals surface area contributed by atoms with Gasteiger partial charge in [0.05, 0.1) is 6.42 Å². The summed E-state index contributed by atoms with van der Waals surface area (Å²) in [6.45, 7) is 6.05. The van der Waals surface area contributed by atoms with Crippen LogP contribution in [0.5, 0.6) is 0 Å². The van der Waals surface area contributed by atoms with Gasteiger partial charge in [-0.15, -0.1) is 0 Å². The molecular formula is C17H21FN2O. The number of nitrogens with one attached hydrogen (secondary N) is 1. The van der Waals surface area contributed by atoms with E-state index in [1.165, 1.54) is 12.1 Å². The van der Waals surface area contributed by atoms with Crippen molar-refractivity contribution in [2.24, 2.45) is 0 Å². The molecule has 1 amide bonds. The lowest BCUT2D eigenvalue weighted by atomic mass is 10.1. The SMILES string of the molecule is Cc1[nH]c2ccc(F)cc2c1CC(=O)N(C(C)C)C1CC1. The Balaban J connectivity index is 1.92. The van der Waals surface area contributed by atoms with E-state index in [0.29, 0.717) is 12.5 Å². The van der Waals surface area contributed by atoms with Gasteiger partial charge in [-0.05, 0) is 57.4 Å². The van der Waals surface area contributed by atoms with Gasteiger partial charge >= 0.3 is 0 Å². The van der Waals surface area contributed by atoms with Gasteiger partial charge in [0.2, 0.25) is 5.91 Å². The molecule has 112 valence electrons. The zero-order valence-electron chi connectivity index (χ0n) is 12.7. The van der Waals surface area contributed by atoms with Gasteiger partial charge in [-0.25, -0.2) is 4.39 Å². The number of carbonyl (C=O) groups excluding carboxylic acids is 1. The third-order valence-corrected chi connectivity index (χ3v) is 4.19. The fraction of sp³-hybridized carbons (Fsp3) is 0.471. The molecule has 0 saturated heterocycles. The molecule has 4 heteroatoms. The molecule has 0 unspecified atom stereocenters. The highest BCUT2D eigenvalue weighted by atomic mass is 19.1. The number of hydrogen-bond acceptors (Lipinski definition) is 1. The van der Waals surface area contributed by atoms with Gasteiger partial charge in [-0.2, -0.15) is 0 Å². The average Bonchev–Trinajstić information content (AvgIpc) is 3.17. The lowest BCUT2D eigenvalue weighted by Gasteiger charge is -2.26. The molecule has 0 radical (unpaired) electrons. The Morgan fingerprint density at radius 2 is 2.14 bits per heavy atom. The summed E-state index contributed by atoms with van der Waals surface area (Å²) < 4.78 is 13.5. The van der Waals surface area contributed by atoms with Crippen LogP contribution in [0.2, 0.25) is 0 Å². The molecule has 21 heavy (non-hydrogen) atoms. The number of benzene rings is 1. The van der Waals surface area contributed by atoms with Gasteiger partial charge in [0.1, 0.15) is 5.82 Å². The fourth-order valence-corrected chi connectivity index (χ4v) is 3.09. The summed E-state index contributed by atoms with van der Waals surface area (Å²) in [5.41, 5.74) is 2.75. The van der Waals surface area contributed by atoms with Crippen LogP contribution < -0.4 is 0 Å². The van der Waals surface area contributed by atoms with E-state index in [1.807, 2.05) is 11.8 Å². The molecule has 1 heterocycles. The highest BCUT2D eigenvalue weighted by Crippen LogP contribution is 2.30. The molecule has 1 N–H and O–H groups in total. The van der Waals surface area contributed by atoms with Gasteiger partial charge in [0.25, 0.3) is 0 Å². The summed E-state index contributed by atoms with van der Waals surface area (Å²) in [4.78, 5) is 17.9. The molecule has 0 bridgehead atoms. The molecule has 1 aliphatic rings. The van der Waals surface area contributed by atoms with Crippen molar-refractivity contribution in [2.45, 2.75) is 52.1 Å². The van der Waals surface area contributed by atoms with Crippen molar-refractivity contribution in [1.82, 2.24) is 9.88 Å². The summed E-state index contributed by atoms with van der Waals surface area (Å²) in [5, 5.41) is 0.820. The molecule has 2 aromatic rings. The highest BCUT2D eigenvalue weighted by molar-refractivity contribution is 5.90. The number of amides is 1. The van der Waals surface area contributed by atoms with E-state index in [0.717, 1.165) is 35.0 Å². The minimum Gasteiger partial charge on any atom is -0.358 e. The van der Waals surface area contributed by atoms with Crippen LogP contribution in [0.1, 0.15) is 37.9 Å². The predicted molar refractivity (Wildman–Crippen MR) is 81.7 cm³/mol. The van der Waals surface area contributed by atoms with Crippen molar-refractivity contribution in [3.05, 3.63) is 35.3 Å². The summed E-state index contributed by atoms with van der Waals surface area (Å²) in [5.74, 6) is -0.126. The van der Waals surface area contributed by atoms with Gasteiger partial charge in [-0.3, -0.25) is 4.79 Å². The maximum Gasteiger partial charge on any atom is 0.227 e. The lowest BCUT2D eigenvalue weighted by molar-refractivity contribution is -0.132. The van der Waals surface area contributed by atoms with E-state index in [9.17, 15) is 9.18 Å². The fourth-order valence-electron chi connectivity index (χ4n) is 3.09. The van der Waals surface area contributed by atoms with Crippen LogP contribution >= 0.6 is 0 Å². The molecule has 1 aromatic heterocycles. The number of aromatic amines is 1. The Bertz CT molecular complexity index is 683. The van der Waals surface area contributed by atoms with E-state index in [2.05, 4.69) is 18.8 Å². The van der Waals surface area contributed by atoms with Gasteiger partial charge < -0.3 is 9.88 Å². The standard InChI is InChI=1S/C17H21FN2O/c1-10(2)20(13-5-6-13)17(21)9-14-11(3)19-16-7-4-12(18)8-15(14)16/h4,7-8,10,13,19H,5-6,9H2,1-3H3. The number of aromatic nitrogens is 1. The second kappa shape index (κ2) is 5.17. The Morgan fingerprint density at radius 1 is 1.43 bits per heavy atom. The first-order chi connectivity index (χ1) is 9.97. The number of halogens is 1. The largest absolute Gasteiger partial charge is 0.358 e. The third kappa shape index (κ3) is 2.67. The maximum absolute atomic E-state index is 13.5. The number of H-pyrrole nitrogens is 1. The van der Waals surface area contributed by atoms with Crippen LogP contribution in [0, 0.1) is 12.7 Å². The molecule has 1 saturated carbocycles. The first-order valence-corrected chi connectivity index (χ1v) is 7.55. The molecular weight excluding hydrogens is 267 g/mol. The molecule has 1 aliphatic carbocycles. The number of rotatable bonds is 4. The molecule has 0 spiro atoms. The number of carbonyl (C=O) groups is 1. The monoisotopic (exact) mass is 288 g/mol. The first-order valence-electron chi connectivity index (χ1n) is 7.55. The van der Waals surface area contributed by atoms with Crippen molar-refractivity contribution in [3.63, 3.8) is 0 Å². The van der Waals surface area contributed by atoms with E-state index in [4.69, 9.17) is 0 Å². The zero-order valence-corrected chi connectivity index (χ0v) is 12.7. The minimum absolute atomic E-state index is 0.140. The average molecular weight is 288 g/mol. The Morgan fingerprint density at radius 3 is 2.76 bits per heavy atom. The second-order valence-electron chi connectivity index (χ2n) is 6.22. The smallest absolute Gasteiger partial charge is 0.227 e. The maximum atomic E-state index is 13.5. The summed E-state index contributed by atoms with van der Waals surface area (Å²) in [6.07, 6.45) is 2.54. The van der Waals surface area contributed by atoms with Crippen LogP contribution in [0.3, 0.4) is 0 Å². The van der Waals surface area contributed by atoms with Crippen molar-refractivity contribution < 1.29 is 9.18 Å².